The van der Waals surface area contributed by atoms with Crippen molar-refractivity contribution in [3.05, 3.63) is 53.3 Å². The van der Waals surface area contributed by atoms with Gasteiger partial charge in [-0.05, 0) is 24.4 Å². The predicted octanol–water partition coefficient (Wildman–Crippen LogP) is 2.30. The van der Waals surface area contributed by atoms with Crippen molar-refractivity contribution in [2.45, 2.75) is 27.3 Å². The third kappa shape index (κ3) is 4.20. The molecule has 0 unspecified atom stereocenters. The zero-order valence-corrected chi connectivity index (χ0v) is 14.4. The number of benzene rings is 1. The number of nitrogens with zero attached hydrogens (tertiary/aromatic N) is 3. The van der Waals surface area contributed by atoms with E-state index in [1.54, 1.807) is 11.1 Å². The van der Waals surface area contributed by atoms with Crippen LogP contribution in [0.1, 0.15) is 35.5 Å². The largest absolute Gasteiger partial charge is 0.341 e. The van der Waals surface area contributed by atoms with Gasteiger partial charge in [0, 0.05) is 19.3 Å². The van der Waals surface area contributed by atoms with Crippen LogP contribution in [0.3, 0.4) is 0 Å². The Bertz CT molecular complexity index is 661. The van der Waals surface area contributed by atoms with Gasteiger partial charge in [0.2, 0.25) is 0 Å². The molecule has 1 aromatic carbocycles. The van der Waals surface area contributed by atoms with E-state index < -0.39 is 0 Å². The van der Waals surface area contributed by atoms with Crippen LogP contribution in [-0.4, -0.2) is 40.7 Å². The van der Waals surface area contributed by atoms with Gasteiger partial charge in [-0.15, -0.1) is 0 Å². The minimum Gasteiger partial charge on any atom is -0.341 e. The van der Waals surface area contributed by atoms with E-state index in [0.717, 1.165) is 11.3 Å². The van der Waals surface area contributed by atoms with Gasteiger partial charge in [0.25, 0.3) is 5.91 Å². The number of amides is 1. The second kappa shape index (κ2) is 6.96. The maximum absolute atomic E-state index is 12.7. The van der Waals surface area contributed by atoms with Gasteiger partial charge < -0.3 is 10.6 Å². The molecule has 5 heteroatoms. The van der Waals surface area contributed by atoms with Crippen LogP contribution in [0, 0.1) is 12.3 Å². The normalized spacial score (nSPS) is 11.5. The first-order valence-electron chi connectivity index (χ1n) is 7.86. The van der Waals surface area contributed by atoms with Gasteiger partial charge in [0.05, 0.1) is 18.3 Å². The van der Waals surface area contributed by atoms with Gasteiger partial charge in [-0.2, -0.15) is 5.10 Å². The first kappa shape index (κ1) is 17.2. The molecule has 1 heterocycles. The highest BCUT2D eigenvalue weighted by molar-refractivity contribution is 5.94. The minimum absolute atomic E-state index is 0.0108. The Kier molecular flexibility index (Phi) is 5.21. The van der Waals surface area contributed by atoms with Crippen LogP contribution in [0.5, 0.6) is 0 Å². The first-order valence-corrected chi connectivity index (χ1v) is 7.86. The first-order chi connectivity index (χ1) is 10.8. The maximum Gasteiger partial charge on any atom is 0.257 e. The number of rotatable bonds is 6. The van der Waals surface area contributed by atoms with Crippen LogP contribution in [0.15, 0.2) is 36.5 Å². The second-order valence-corrected chi connectivity index (χ2v) is 6.82. The lowest BCUT2D eigenvalue weighted by atomic mass is 9.93. The molecule has 0 atom stereocenters. The lowest BCUT2D eigenvalue weighted by molar-refractivity contribution is 0.0739. The molecule has 0 spiro atoms. The molecule has 2 aromatic rings. The Morgan fingerprint density at radius 3 is 2.57 bits per heavy atom. The minimum atomic E-state index is -0.0989. The van der Waals surface area contributed by atoms with E-state index in [9.17, 15) is 4.79 Å². The van der Waals surface area contributed by atoms with E-state index in [-0.39, 0.29) is 11.3 Å². The number of aromatic nitrogens is 2. The summed E-state index contributed by atoms with van der Waals surface area (Å²) >= 11 is 0. The molecule has 0 aliphatic carbocycles. The fourth-order valence-electron chi connectivity index (χ4n) is 2.56. The van der Waals surface area contributed by atoms with Crippen molar-refractivity contribution in [3.63, 3.8) is 0 Å². The third-order valence-electron chi connectivity index (χ3n) is 4.07. The summed E-state index contributed by atoms with van der Waals surface area (Å²) in [6.45, 7) is 7.87. The Hall–Kier alpha value is -2.14. The number of nitrogens with two attached hydrogens (primary N) is 1. The summed E-state index contributed by atoms with van der Waals surface area (Å²) in [5.41, 5.74) is 8.36. The second-order valence-electron chi connectivity index (χ2n) is 6.82. The molecule has 0 fully saturated rings. The van der Waals surface area contributed by atoms with Crippen molar-refractivity contribution < 1.29 is 4.79 Å². The molecule has 5 nitrogen and oxygen atoms in total. The van der Waals surface area contributed by atoms with Gasteiger partial charge in [-0.3, -0.25) is 9.48 Å². The number of carbonyl (C=O) groups excluding carboxylic acids is 1. The molecule has 124 valence electrons. The summed E-state index contributed by atoms with van der Waals surface area (Å²) in [5, 5.41) is 4.38. The topological polar surface area (TPSA) is 64.2 Å². The highest BCUT2D eigenvalue weighted by atomic mass is 16.2. The molecule has 23 heavy (non-hydrogen) atoms. The summed E-state index contributed by atoms with van der Waals surface area (Å²) < 4.78 is 1.87. The fraction of sp³-hybridized carbons (Fsp3) is 0.444. The van der Waals surface area contributed by atoms with Crippen molar-refractivity contribution in [3.8, 4) is 0 Å². The smallest absolute Gasteiger partial charge is 0.257 e. The summed E-state index contributed by atoms with van der Waals surface area (Å²) in [6, 6.07) is 10.1. The van der Waals surface area contributed by atoms with Crippen LogP contribution in [-0.2, 0) is 6.54 Å². The van der Waals surface area contributed by atoms with E-state index in [0.29, 0.717) is 25.2 Å². The van der Waals surface area contributed by atoms with Gasteiger partial charge >= 0.3 is 0 Å². The number of hydrogen-bond acceptors (Lipinski definition) is 3. The maximum atomic E-state index is 12.7. The van der Waals surface area contributed by atoms with Crippen molar-refractivity contribution in [2.24, 2.45) is 11.1 Å². The summed E-state index contributed by atoms with van der Waals surface area (Å²) in [4.78, 5) is 14.4. The summed E-state index contributed by atoms with van der Waals surface area (Å²) in [6.07, 6.45) is 1.66. The van der Waals surface area contributed by atoms with Crippen LogP contribution < -0.4 is 5.73 Å². The molecule has 1 amide bonds. The lowest BCUT2D eigenvalue weighted by Gasteiger charge is -2.29. The molecular weight excluding hydrogens is 288 g/mol. The van der Waals surface area contributed by atoms with Gasteiger partial charge in [-0.25, -0.2) is 0 Å². The van der Waals surface area contributed by atoms with Crippen LogP contribution >= 0.6 is 0 Å². The molecule has 2 N–H and O–H groups in total. The molecular formula is C18H26N4O. The summed E-state index contributed by atoms with van der Waals surface area (Å²) in [7, 11) is 1.81. The van der Waals surface area contributed by atoms with E-state index >= 15 is 0 Å². The highest BCUT2D eigenvalue weighted by Gasteiger charge is 2.24. The van der Waals surface area contributed by atoms with Crippen molar-refractivity contribution in [1.29, 1.82) is 0 Å². The Morgan fingerprint density at radius 1 is 1.30 bits per heavy atom. The van der Waals surface area contributed by atoms with Crippen molar-refractivity contribution >= 4 is 5.91 Å². The highest BCUT2D eigenvalue weighted by Crippen LogP contribution is 2.17. The Labute approximate surface area is 138 Å². The quantitative estimate of drug-likeness (QED) is 0.890. The van der Waals surface area contributed by atoms with Gasteiger partial charge in [0.15, 0.2) is 0 Å². The average molecular weight is 314 g/mol. The third-order valence-corrected chi connectivity index (χ3v) is 4.07. The lowest BCUT2D eigenvalue weighted by Crippen LogP contribution is -2.39. The van der Waals surface area contributed by atoms with Crippen LogP contribution in [0.4, 0.5) is 0 Å². The predicted molar refractivity (Wildman–Crippen MR) is 92.3 cm³/mol. The standard InChI is InChI=1S/C18H26N4O/c1-14-16(17(23)21(4)13-18(2,3)12-19)10-20-22(14)11-15-8-6-5-7-9-15/h5-10H,11-13,19H2,1-4H3. The zero-order chi connectivity index (χ0) is 17.0. The van der Waals surface area contributed by atoms with Gasteiger partial charge in [0.1, 0.15) is 0 Å². The van der Waals surface area contributed by atoms with Crippen molar-refractivity contribution in [2.75, 3.05) is 20.1 Å². The molecule has 0 aliphatic rings. The van der Waals surface area contributed by atoms with E-state index in [2.05, 4.69) is 31.1 Å². The Morgan fingerprint density at radius 2 is 1.96 bits per heavy atom. The van der Waals surface area contributed by atoms with E-state index in [4.69, 9.17) is 5.73 Å². The molecule has 0 saturated carbocycles. The molecule has 0 aliphatic heterocycles. The van der Waals surface area contributed by atoms with E-state index in [1.807, 2.05) is 36.9 Å². The van der Waals surface area contributed by atoms with Crippen LogP contribution in [0.25, 0.3) is 0 Å². The molecule has 0 bridgehead atoms. The average Bonchev–Trinajstić information content (AvgIpc) is 2.88. The van der Waals surface area contributed by atoms with Gasteiger partial charge in [-0.1, -0.05) is 44.2 Å². The van der Waals surface area contributed by atoms with Crippen LogP contribution in [0.2, 0.25) is 0 Å². The molecule has 0 radical (unpaired) electrons. The molecule has 0 saturated heterocycles. The van der Waals surface area contributed by atoms with E-state index in [1.165, 1.54) is 0 Å². The SMILES string of the molecule is Cc1c(C(=O)N(C)CC(C)(C)CN)cnn1Cc1ccccc1. The number of hydrogen-bond donors (Lipinski definition) is 1. The van der Waals surface area contributed by atoms with Crippen molar-refractivity contribution in [1.82, 2.24) is 14.7 Å². The summed E-state index contributed by atoms with van der Waals surface area (Å²) in [5.74, 6) is -0.0108. The monoisotopic (exact) mass is 314 g/mol. The zero-order valence-electron chi connectivity index (χ0n) is 14.4. The number of carbonyl (C=O) groups is 1. The fourth-order valence-corrected chi connectivity index (χ4v) is 2.56. The molecule has 2 rings (SSSR count). The Balaban J connectivity index is 2.13. The molecule has 1 aromatic heterocycles.